The van der Waals surface area contributed by atoms with Crippen LogP contribution < -0.4 is 34.7 Å². The van der Waals surface area contributed by atoms with Crippen LogP contribution in [0.3, 0.4) is 0 Å². The van der Waals surface area contributed by atoms with Crippen LogP contribution >= 0.6 is 0 Å². The van der Waals surface area contributed by atoms with Crippen molar-refractivity contribution in [3.05, 3.63) is 24.8 Å². The summed E-state index contributed by atoms with van der Waals surface area (Å²) in [6.45, 7) is 6.06. The molecule has 0 bridgehead atoms. The van der Waals surface area contributed by atoms with Crippen molar-refractivity contribution in [2.24, 2.45) is 5.92 Å². The third-order valence-electron chi connectivity index (χ3n) is 3.81. The summed E-state index contributed by atoms with van der Waals surface area (Å²) in [5.74, 6) is 5.47. The third-order valence-corrected chi connectivity index (χ3v) is 3.81. The van der Waals surface area contributed by atoms with Crippen molar-refractivity contribution in [3.8, 4) is 11.8 Å². The Morgan fingerprint density at radius 1 is 1.21 bits per heavy atom. The molecule has 0 aliphatic carbocycles. The van der Waals surface area contributed by atoms with Crippen LogP contribution in [0.4, 0.5) is 0 Å². The van der Waals surface area contributed by atoms with Gasteiger partial charge < -0.3 is 14.6 Å². The topological polar surface area (TPSA) is 49.4 Å². The average Bonchev–Trinajstić information content (AvgIpc) is 2.53. The minimum absolute atomic E-state index is 0. The fraction of sp³-hybridized carbons (Fsp3) is 0.650. The van der Waals surface area contributed by atoms with Gasteiger partial charge in [0.25, 0.3) is 0 Å². The Bertz CT molecular complexity index is 407. The normalized spacial score (nSPS) is 12.8. The van der Waals surface area contributed by atoms with E-state index in [1.807, 2.05) is 12.2 Å². The summed E-state index contributed by atoms with van der Waals surface area (Å²) in [6.07, 6.45) is 14.4. The monoisotopic (exact) mass is 342 g/mol. The van der Waals surface area contributed by atoms with Crippen molar-refractivity contribution < 1.29 is 44.2 Å². The third kappa shape index (κ3) is 16.3. The van der Waals surface area contributed by atoms with E-state index in [4.69, 9.17) is 4.74 Å². The molecule has 0 spiro atoms. The standard InChI is InChI=1S/C20H32O3.Na/c1-4-5-6-12-15-18(2)16-13-10-8-7-9-11-14-17-19(23-3)20(21)22;/h4,7-8,18-19H,1,5-6,10,12-17H2,2-3H3,(H,21,22);/q;+1/p-1/b8-7-;/t18?,19-;/m0./s1. The number of aliphatic carboxylic acids is 1. The number of ether oxygens (including phenoxy) is 1. The average molecular weight is 342 g/mol. The summed E-state index contributed by atoms with van der Waals surface area (Å²) in [7, 11) is 1.37. The zero-order valence-corrected chi connectivity index (χ0v) is 17.7. The van der Waals surface area contributed by atoms with Gasteiger partial charge in [-0.05, 0) is 44.1 Å². The molecule has 4 heteroatoms. The van der Waals surface area contributed by atoms with Crippen molar-refractivity contribution in [2.75, 3.05) is 7.11 Å². The number of hydrogen-bond acceptors (Lipinski definition) is 3. The molecule has 0 amide bonds. The van der Waals surface area contributed by atoms with E-state index in [0.29, 0.717) is 12.8 Å². The molecule has 2 atom stereocenters. The second kappa shape index (κ2) is 18.8. The molecule has 3 nitrogen and oxygen atoms in total. The number of carbonyl (C=O) groups is 1. The van der Waals surface area contributed by atoms with Crippen molar-refractivity contribution in [1.29, 1.82) is 0 Å². The molecular weight excluding hydrogens is 311 g/mol. The van der Waals surface area contributed by atoms with Crippen LogP contribution in [0.15, 0.2) is 24.8 Å². The van der Waals surface area contributed by atoms with Crippen LogP contribution in [-0.4, -0.2) is 19.2 Å². The minimum Gasteiger partial charge on any atom is -0.547 e. The van der Waals surface area contributed by atoms with Gasteiger partial charge in [0, 0.05) is 13.5 Å². The first-order valence-electron chi connectivity index (χ1n) is 8.59. The number of allylic oxidation sites excluding steroid dienone is 3. The quantitative estimate of drug-likeness (QED) is 0.214. The SMILES string of the molecule is C=CCCCCC(C)CCC/C=C\C#CCC[C@H](OC)C(=O)[O-].[Na+]. The molecule has 130 valence electrons. The summed E-state index contributed by atoms with van der Waals surface area (Å²) < 4.78 is 4.78. The van der Waals surface area contributed by atoms with E-state index < -0.39 is 12.1 Å². The van der Waals surface area contributed by atoms with Crippen LogP contribution in [0.1, 0.15) is 64.7 Å². The van der Waals surface area contributed by atoms with E-state index in [-0.39, 0.29) is 29.6 Å². The summed E-state index contributed by atoms with van der Waals surface area (Å²) in [4.78, 5) is 10.6. The summed E-state index contributed by atoms with van der Waals surface area (Å²) >= 11 is 0. The van der Waals surface area contributed by atoms with Gasteiger partial charge in [-0.3, -0.25) is 0 Å². The Morgan fingerprint density at radius 3 is 2.54 bits per heavy atom. The number of methoxy groups -OCH3 is 1. The smallest absolute Gasteiger partial charge is 0.547 e. The molecule has 0 aliphatic rings. The Labute approximate surface area is 170 Å². The van der Waals surface area contributed by atoms with Gasteiger partial charge in [0.2, 0.25) is 0 Å². The van der Waals surface area contributed by atoms with Gasteiger partial charge in [-0.2, -0.15) is 0 Å². The summed E-state index contributed by atoms with van der Waals surface area (Å²) in [5, 5.41) is 10.6. The van der Waals surface area contributed by atoms with Crippen LogP contribution in [0.5, 0.6) is 0 Å². The van der Waals surface area contributed by atoms with Gasteiger partial charge >= 0.3 is 29.6 Å². The van der Waals surface area contributed by atoms with Gasteiger partial charge in [-0.15, -0.1) is 6.58 Å². The van der Waals surface area contributed by atoms with Gasteiger partial charge in [-0.25, -0.2) is 0 Å². The van der Waals surface area contributed by atoms with Crippen LogP contribution in [0.2, 0.25) is 0 Å². The number of rotatable bonds is 13. The maximum Gasteiger partial charge on any atom is 1.00 e. The molecule has 0 aliphatic heterocycles. The fourth-order valence-electron chi connectivity index (χ4n) is 2.32. The molecule has 0 saturated carbocycles. The van der Waals surface area contributed by atoms with Crippen LogP contribution in [0, 0.1) is 17.8 Å². The number of carbonyl (C=O) groups excluding carboxylic acids is 1. The molecule has 24 heavy (non-hydrogen) atoms. The van der Waals surface area contributed by atoms with Crippen LogP contribution in [0.25, 0.3) is 0 Å². The number of unbranched alkanes of at least 4 members (excludes halogenated alkanes) is 3. The molecule has 0 heterocycles. The first-order chi connectivity index (χ1) is 11.1. The van der Waals surface area contributed by atoms with Crippen molar-refractivity contribution >= 4 is 5.97 Å². The van der Waals surface area contributed by atoms with E-state index in [0.717, 1.165) is 18.8 Å². The molecular formula is C20H31NaO3. The largest absolute Gasteiger partial charge is 1.00 e. The molecule has 0 aromatic heterocycles. The Kier molecular flexibility index (Phi) is 20.1. The predicted octanol–water partition coefficient (Wildman–Crippen LogP) is 0.648. The Balaban J connectivity index is 0. The summed E-state index contributed by atoms with van der Waals surface area (Å²) in [5.41, 5.74) is 0. The second-order valence-electron chi connectivity index (χ2n) is 5.91. The second-order valence-corrected chi connectivity index (χ2v) is 5.91. The molecule has 0 saturated heterocycles. The van der Waals surface area contributed by atoms with Gasteiger partial charge in [0.1, 0.15) is 0 Å². The summed E-state index contributed by atoms with van der Waals surface area (Å²) in [6, 6.07) is 0. The first kappa shape index (κ1) is 25.7. The van der Waals surface area contributed by atoms with E-state index in [1.165, 1.54) is 39.2 Å². The molecule has 0 aromatic carbocycles. The zero-order chi connectivity index (χ0) is 17.3. The molecule has 0 rings (SSSR count). The maximum atomic E-state index is 10.6. The Hall–Kier alpha value is -0.530. The molecule has 0 aromatic rings. The molecule has 0 N–H and O–H groups in total. The van der Waals surface area contributed by atoms with E-state index in [2.05, 4.69) is 31.4 Å². The Morgan fingerprint density at radius 2 is 1.92 bits per heavy atom. The van der Waals surface area contributed by atoms with E-state index in [1.54, 1.807) is 0 Å². The molecule has 0 radical (unpaired) electrons. The van der Waals surface area contributed by atoms with E-state index >= 15 is 0 Å². The van der Waals surface area contributed by atoms with E-state index in [9.17, 15) is 9.90 Å². The van der Waals surface area contributed by atoms with Gasteiger partial charge in [0.15, 0.2) is 0 Å². The molecule has 0 fully saturated rings. The van der Waals surface area contributed by atoms with Crippen molar-refractivity contribution in [2.45, 2.75) is 70.8 Å². The number of hydrogen-bond donors (Lipinski definition) is 0. The van der Waals surface area contributed by atoms with Gasteiger partial charge in [0.05, 0.1) is 12.1 Å². The predicted molar refractivity (Wildman–Crippen MR) is 93.6 cm³/mol. The van der Waals surface area contributed by atoms with Crippen molar-refractivity contribution in [1.82, 2.24) is 0 Å². The fourth-order valence-corrected chi connectivity index (χ4v) is 2.32. The number of carboxylic acid groups (broad SMARTS) is 1. The molecule has 1 unspecified atom stereocenters. The van der Waals surface area contributed by atoms with Gasteiger partial charge in [-0.1, -0.05) is 50.2 Å². The maximum absolute atomic E-state index is 10.6. The zero-order valence-electron chi connectivity index (χ0n) is 15.7. The van der Waals surface area contributed by atoms with Crippen molar-refractivity contribution in [3.63, 3.8) is 0 Å². The first-order valence-corrected chi connectivity index (χ1v) is 8.59. The number of carboxylic acids is 1. The minimum atomic E-state index is -1.18. The van der Waals surface area contributed by atoms with Crippen LogP contribution in [-0.2, 0) is 9.53 Å².